The van der Waals surface area contributed by atoms with Crippen LogP contribution in [0.15, 0.2) is 72.8 Å². The molecule has 0 fully saturated rings. The molecule has 32 heavy (non-hydrogen) atoms. The quantitative estimate of drug-likeness (QED) is 0.467. The zero-order valence-electron chi connectivity index (χ0n) is 17.6. The van der Waals surface area contributed by atoms with E-state index in [0.717, 1.165) is 22.2 Å². The van der Waals surface area contributed by atoms with Crippen LogP contribution in [0.5, 0.6) is 17.2 Å². The summed E-state index contributed by atoms with van der Waals surface area (Å²) in [6, 6.07) is 22.7. The Balaban J connectivity index is 1.47. The summed E-state index contributed by atoms with van der Waals surface area (Å²) in [5.74, 6) is 1.79. The summed E-state index contributed by atoms with van der Waals surface area (Å²) in [5.41, 5.74) is 3.76. The molecule has 2 heterocycles. The fourth-order valence-corrected chi connectivity index (χ4v) is 3.69. The van der Waals surface area contributed by atoms with E-state index in [0.29, 0.717) is 48.3 Å². The SMILES string of the molecule is CCOc1cc(-c2ccccc2)nc2ccc(C(=O)Nc3ccc4c(c3)OCCO4)cc12. The Labute approximate surface area is 185 Å². The van der Waals surface area contributed by atoms with Gasteiger partial charge in [-0.2, -0.15) is 0 Å². The number of amides is 1. The van der Waals surface area contributed by atoms with Gasteiger partial charge in [0.15, 0.2) is 11.5 Å². The second-order valence-corrected chi connectivity index (χ2v) is 7.35. The van der Waals surface area contributed by atoms with Crippen LogP contribution in [0.2, 0.25) is 0 Å². The average Bonchev–Trinajstić information content (AvgIpc) is 2.84. The molecule has 0 aliphatic carbocycles. The van der Waals surface area contributed by atoms with Crippen LogP contribution in [0.1, 0.15) is 17.3 Å². The largest absolute Gasteiger partial charge is 0.493 e. The number of aromatic nitrogens is 1. The van der Waals surface area contributed by atoms with Crippen LogP contribution in [0.4, 0.5) is 5.69 Å². The Morgan fingerprint density at radius 3 is 2.59 bits per heavy atom. The predicted molar refractivity (Wildman–Crippen MR) is 124 cm³/mol. The lowest BCUT2D eigenvalue weighted by Crippen LogP contribution is -2.16. The Morgan fingerprint density at radius 1 is 0.969 bits per heavy atom. The molecule has 0 radical (unpaired) electrons. The zero-order valence-corrected chi connectivity index (χ0v) is 17.6. The first-order valence-corrected chi connectivity index (χ1v) is 10.6. The summed E-state index contributed by atoms with van der Waals surface area (Å²) in [4.78, 5) is 17.7. The molecule has 4 aromatic rings. The summed E-state index contributed by atoms with van der Waals surface area (Å²) in [5, 5.41) is 3.72. The van der Waals surface area contributed by atoms with Crippen molar-refractivity contribution in [2.45, 2.75) is 6.92 Å². The molecule has 1 N–H and O–H groups in total. The van der Waals surface area contributed by atoms with Gasteiger partial charge in [-0.15, -0.1) is 0 Å². The fraction of sp³-hybridized carbons (Fsp3) is 0.154. The van der Waals surface area contributed by atoms with Crippen molar-refractivity contribution in [2.24, 2.45) is 0 Å². The second-order valence-electron chi connectivity index (χ2n) is 7.35. The maximum absolute atomic E-state index is 12.9. The minimum atomic E-state index is -0.224. The number of pyridine rings is 1. The highest BCUT2D eigenvalue weighted by Crippen LogP contribution is 2.33. The van der Waals surface area contributed by atoms with E-state index in [9.17, 15) is 4.79 Å². The number of hydrogen-bond donors (Lipinski definition) is 1. The lowest BCUT2D eigenvalue weighted by molar-refractivity contribution is 0.102. The highest BCUT2D eigenvalue weighted by Gasteiger charge is 2.15. The number of nitrogens with zero attached hydrogens (tertiary/aromatic N) is 1. The number of fused-ring (bicyclic) bond motifs is 2. The zero-order chi connectivity index (χ0) is 21.9. The highest BCUT2D eigenvalue weighted by atomic mass is 16.6. The molecule has 1 amide bonds. The van der Waals surface area contributed by atoms with E-state index in [1.54, 1.807) is 24.3 Å². The molecule has 6 nitrogen and oxygen atoms in total. The van der Waals surface area contributed by atoms with Gasteiger partial charge in [-0.05, 0) is 37.3 Å². The lowest BCUT2D eigenvalue weighted by atomic mass is 10.1. The number of carbonyl (C=O) groups excluding carboxylic acids is 1. The monoisotopic (exact) mass is 426 g/mol. The van der Waals surface area contributed by atoms with Crippen LogP contribution in [-0.2, 0) is 0 Å². The molecule has 5 rings (SSSR count). The van der Waals surface area contributed by atoms with Crippen molar-refractivity contribution in [2.75, 3.05) is 25.1 Å². The summed E-state index contributed by atoms with van der Waals surface area (Å²) in [7, 11) is 0. The Kier molecular flexibility index (Phi) is 5.34. The number of carbonyl (C=O) groups is 1. The molecular weight excluding hydrogens is 404 g/mol. The normalized spacial score (nSPS) is 12.4. The van der Waals surface area contributed by atoms with E-state index < -0.39 is 0 Å². The van der Waals surface area contributed by atoms with Gasteiger partial charge in [-0.1, -0.05) is 30.3 Å². The lowest BCUT2D eigenvalue weighted by Gasteiger charge is -2.19. The maximum Gasteiger partial charge on any atom is 0.255 e. The second kappa shape index (κ2) is 8.59. The van der Waals surface area contributed by atoms with Crippen molar-refractivity contribution in [1.82, 2.24) is 4.98 Å². The molecule has 1 aromatic heterocycles. The van der Waals surface area contributed by atoms with Gasteiger partial charge < -0.3 is 19.5 Å². The summed E-state index contributed by atoms with van der Waals surface area (Å²) in [6.07, 6.45) is 0. The van der Waals surface area contributed by atoms with E-state index in [1.165, 1.54) is 0 Å². The van der Waals surface area contributed by atoms with E-state index >= 15 is 0 Å². The first kappa shape index (κ1) is 19.9. The van der Waals surface area contributed by atoms with Crippen molar-refractivity contribution in [3.05, 3.63) is 78.4 Å². The topological polar surface area (TPSA) is 69.7 Å². The summed E-state index contributed by atoms with van der Waals surface area (Å²) in [6.45, 7) is 3.47. The van der Waals surface area contributed by atoms with Gasteiger partial charge in [0.1, 0.15) is 19.0 Å². The molecule has 3 aromatic carbocycles. The highest BCUT2D eigenvalue weighted by molar-refractivity contribution is 6.07. The van der Waals surface area contributed by atoms with Crippen molar-refractivity contribution in [3.8, 4) is 28.5 Å². The van der Waals surface area contributed by atoms with E-state index in [-0.39, 0.29) is 5.91 Å². The standard InChI is InChI=1S/C26H22N2O4/c1-2-30-24-16-22(17-6-4-3-5-7-17)28-21-10-8-18(14-20(21)24)26(29)27-19-9-11-23-25(15-19)32-13-12-31-23/h3-11,14-16H,2,12-13H2,1H3,(H,27,29). The van der Waals surface area contributed by atoms with Gasteiger partial charge in [-0.3, -0.25) is 4.79 Å². The number of hydrogen-bond acceptors (Lipinski definition) is 5. The Bertz CT molecular complexity index is 1290. The van der Waals surface area contributed by atoms with Crippen LogP contribution in [0, 0.1) is 0 Å². The summed E-state index contributed by atoms with van der Waals surface area (Å²) < 4.78 is 17.0. The van der Waals surface area contributed by atoms with Gasteiger partial charge in [0.05, 0.1) is 17.8 Å². The fourth-order valence-electron chi connectivity index (χ4n) is 3.69. The predicted octanol–water partition coefficient (Wildman–Crippen LogP) is 5.32. The van der Waals surface area contributed by atoms with Gasteiger partial charge in [0.2, 0.25) is 0 Å². The molecule has 0 unspecified atom stereocenters. The third-order valence-corrected chi connectivity index (χ3v) is 5.20. The molecule has 0 saturated heterocycles. The van der Waals surface area contributed by atoms with Crippen molar-refractivity contribution in [3.63, 3.8) is 0 Å². The minimum Gasteiger partial charge on any atom is -0.493 e. The molecule has 160 valence electrons. The van der Waals surface area contributed by atoms with Gasteiger partial charge >= 0.3 is 0 Å². The Hall–Kier alpha value is -4.06. The maximum atomic E-state index is 12.9. The minimum absolute atomic E-state index is 0.224. The van der Waals surface area contributed by atoms with Crippen molar-refractivity contribution < 1.29 is 19.0 Å². The van der Waals surface area contributed by atoms with E-state index in [1.807, 2.05) is 55.5 Å². The third-order valence-electron chi connectivity index (χ3n) is 5.20. The third kappa shape index (κ3) is 3.95. The molecule has 0 bridgehead atoms. The van der Waals surface area contributed by atoms with Crippen LogP contribution < -0.4 is 19.5 Å². The number of anilines is 1. The van der Waals surface area contributed by atoms with E-state index in [2.05, 4.69) is 5.32 Å². The van der Waals surface area contributed by atoms with Crippen LogP contribution >= 0.6 is 0 Å². The summed E-state index contributed by atoms with van der Waals surface area (Å²) >= 11 is 0. The first-order valence-electron chi connectivity index (χ1n) is 10.6. The number of nitrogens with one attached hydrogen (secondary N) is 1. The van der Waals surface area contributed by atoms with Gasteiger partial charge in [0, 0.05) is 34.3 Å². The molecule has 6 heteroatoms. The molecular formula is C26H22N2O4. The molecule has 1 aliphatic rings. The Morgan fingerprint density at radius 2 is 1.78 bits per heavy atom. The van der Waals surface area contributed by atoms with Crippen molar-refractivity contribution >= 4 is 22.5 Å². The van der Waals surface area contributed by atoms with Crippen LogP contribution in [0.25, 0.3) is 22.2 Å². The first-order chi connectivity index (χ1) is 15.7. The number of ether oxygens (including phenoxy) is 3. The van der Waals surface area contributed by atoms with E-state index in [4.69, 9.17) is 19.2 Å². The van der Waals surface area contributed by atoms with Crippen molar-refractivity contribution in [1.29, 1.82) is 0 Å². The van der Waals surface area contributed by atoms with Crippen LogP contribution in [-0.4, -0.2) is 30.7 Å². The number of rotatable bonds is 5. The average molecular weight is 426 g/mol. The molecule has 0 saturated carbocycles. The molecule has 1 aliphatic heterocycles. The van der Waals surface area contributed by atoms with Crippen LogP contribution in [0.3, 0.4) is 0 Å². The van der Waals surface area contributed by atoms with Gasteiger partial charge in [0.25, 0.3) is 5.91 Å². The molecule has 0 spiro atoms. The smallest absolute Gasteiger partial charge is 0.255 e. The van der Waals surface area contributed by atoms with Gasteiger partial charge in [-0.25, -0.2) is 4.98 Å². The number of benzene rings is 3. The molecule has 0 atom stereocenters.